The first-order valence-electron chi connectivity index (χ1n) is 5.31. The van der Waals surface area contributed by atoms with Crippen LogP contribution in [0.25, 0.3) is 0 Å². The number of hydrogen-bond acceptors (Lipinski definition) is 5. The zero-order chi connectivity index (χ0) is 15.6. The number of nitro groups is 1. The Labute approximate surface area is 124 Å². The summed E-state index contributed by atoms with van der Waals surface area (Å²) >= 11 is 3.03. The standard InChI is InChI=1S/C11H5BrF2N4O3/c12-8-3-16-9(4-15-8)17-11(19)6-1-5(13)2-7(10(6)14)18(20)21/h1-4H,(H,16,17,19). The highest BCUT2D eigenvalue weighted by molar-refractivity contribution is 9.10. The third-order valence-corrected chi connectivity index (χ3v) is 2.73. The van der Waals surface area contributed by atoms with Crippen molar-refractivity contribution in [2.24, 2.45) is 0 Å². The molecule has 0 radical (unpaired) electrons. The van der Waals surface area contributed by atoms with Crippen LogP contribution in [-0.2, 0) is 0 Å². The number of carbonyl (C=O) groups excluding carboxylic acids is 1. The molecule has 1 aromatic carbocycles. The van der Waals surface area contributed by atoms with Crippen LogP contribution in [0, 0.1) is 21.7 Å². The van der Waals surface area contributed by atoms with E-state index in [2.05, 4.69) is 31.2 Å². The number of nitrogens with one attached hydrogen (secondary N) is 1. The van der Waals surface area contributed by atoms with Gasteiger partial charge in [-0.25, -0.2) is 14.4 Å². The Morgan fingerprint density at radius 3 is 2.57 bits per heavy atom. The molecule has 108 valence electrons. The number of carbonyl (C=O) groups is 1. The molecule has 0 aliphatic heterocycles. The topological polar surface area (TPSA) is 98.0 Å². The Morgan fingerprint density at radius 1 is 1.29 bits per heavy atom. The number of hydrogen-bond donors (Lipinski definition) is 1. The van der Waals surface area contributed by atoms with Gasteiger partial charge in [0.2, 0.25) is 5.82 Å². The fraction of sp³-hybridized carbons (Fsp3) is 0. The van der Waals surface area contributed by atoms with Gasteiger partial charge in [0.15, 0.2) is 5.82 Å². The number of amides is 1. The minimum absolute atomic E-state index is 0.0190. The summed E-state index contributed by atoms with van der Waals surface area (Å²) in [6.45, 7) is 0. The fourth-order valence-electron chi connectivity index (χ4n) is 1.43. The molecule has 0 saturated heterocycles. The van der Waals surface area contributed by atoms with Crippen molar-refractivity contribution in [2.75, 3.05) is 5.32 Å². The summed E-state index contributed by atoms with van der Waals surface area (Å²) in [5, 5.41) is 12.7. The number of nitro benzene ring substituents is 1. The van der Waals surface area contributed by atoms with Gasteiger partial charge in [-0.3, -0.25) is 14.9 Å². The van der Waals surface area contributed by atoms with Crippen LogP contribution in [0.2, 0.25) is 0 Å². The minimum atomic E-state index is -1.43. The molecule has 0 bridgehead atoms. The summed E-state index contributed by atoms with van der Waals surface area (Å²) in [5.41, 5.74) is -1.92. The number of aromatic nitrogens is 2. The molecule has 7 nitrogen and oxygen atoms in total. The first-order chi connectivity index (χ1) is 9.88. The molecule has 2 rings (SSSR count). The number of anilines is 1. The molecule has 0 fully saturated rings. The first kappa shape index (κ1) is 14.9. The molecule has 1 heterocycles. The van der Waals surface area contributed by atoms with Crippen molar-refractivity contribution < 1.29 is 18.5 Å². The molecule has 0 aliphatic rings. The van der Waals surface area contributed by atoms with Crippen LogP contribution in [0.4, 0.5) is 20.3 Å². The highest BCUT2D eigenvalue weighted by Gasteiger charge is 2.24. The minimum Gasteiger partial charge on any atom is -0.305 e. The molecule has 0 atom stereocenters. The van der Waals surface area contributed by atoms with E-state index >= 15 is 0 Å². The van der Waals surface area contributed by atoms with Crippen molar-refractivity contribution in [1.82, 2.24) is 9.97 Å². The van der Waals surface area contributed by atoms with Crippen LogP contribution < -0.4 is 5.32 Å². The van der Waals surface area contributed by atoms with Crippen molar-refractivity contribution in [3.8, 4) is 0 Å². The molecule has 0 aliphatic carbocycles. The largest absolute Gasteiger partial charge is 0.308 e. The van der Waals surface area contributed by atoms with Gasteiger partial charge in [-0.2, -0.15) is 4.39 Å². The second kappa shape index (κ2) is 5.87. The van der Waals surface area contributed by atoms with Gasteiger partial charge < -0.3 is 5.32 Å². The quantitative estimate of drug-likeness (QED) is 0.671. The van der Waals surface area contributed by atoms with E-state index in [0.717, 1.165) is 0 Å². The molecule has 21 heavy (non-hydrogen) atoms. The molecule has 1 N–H and O–H groups in total. The van der Waals surface area contributed by atoms with E-state index in [1.807, 2.05) is 0 Å². The van der Waals surface area contributed by atoms with E-state index in [9.17, 15) is 23.7 Å². The number of nitrogens with zero attached hydrogens (tertiary/aromatic N) is 3. The average Bonchev–Trinajstić information content (AvgIpc) is 2.43. The Balaban J connectivity index is 2.35. The SMILES string of the molecule is O=C(Nc1cnc(Br)cn1)c1cc(F)cc([N+](=O)[O-])c1F. The monoisotopic (exact) mass is 358 g/mol. The van der Waals surface area contributed by atoms with E-state index in [4.69, 9.17) is 0 Å². The van der Waals surface area contributed by atoms with E-state index < -0.39 is 33.7 Å². The average molecular weight is 359 g/mol. The summed E-state index contributed by atoms with van der Waals surface area (Å²) in [7, 11) is 0. The molecular formula is C11H5BrF2N4O3. The van der Waals surface area contributed by atoms with Gasteiger partial charge in [0.1, 0.15) is 10.4 Å². The van der Waals surface area contributed by atoms with E-state index in [1.54, 1.807) is 0 Å². The summed E-state index contributed by atoms with van der Waals surface area (Å²) < 4.78 is 27.5. The van der Waals surface area contributed by atoms with Crippen LogP contribution in [0.5, 0.6) is 0 Å². The Morgan fingerprint density at radius 2 is 2.00 bits per heavy atom. The zero-order valence-electron chi connectivity index (χ0n) is 10.0. The molecule has 10 heteroatoms. The summed E-state index contributed by atoms with van der Waals surface area (Å²) in [6, 6.07) is 0.954. The maximum Gasteiger partial charge on any atom is 0.308 e. The summed E-state index contributed by atoms with van der Waals surface area (Å²) in [4.78, 5) is 28.8. The van der Waals surface area contributed by atoms with Crippen LogP contribution in [0.15, 0.2) is 29.1 Å². The van der Waals surface area contributed by atoms with Crippen LogP contribution in [0.3, 0.4) is 0 Å². The summed E-state index contributed by atoms with van der Waals surface area (Å²) in [5.74, 6) is -3.62. The smallest absolute Gasteiger partial charge is 0.305 e. The molecule has 1 aromatic heterocycles. The van der Waals surface area contributed by atoms with E-state index in [-0.39, 0.29) is 5.82 Å². The third-order valence-electron chi connectivity index (χ3n) is 2.32. The molecule has 0 spiro atoms. The first-order valence-corrected chi connectivity index (χ1v) is 6.10. The lowest BCUT2D eigenvalue weighted by atomic mass is 10.1. The number of rotatable bonds is 3. The highest BCUT2D eigenvalue weighted by Crippen LogP contribution is 2.23. The lowest BCUT2D eigenvalue weighted by Gasteiger charge is -2.05. The van der Waals surface area contributed by atoms with Crippen molar-refractivity contribution in [2.45, 2.75) is 0 Å². The highest BCUT2D eigenvalue weighted by atomic mass is 79.9. The van der Waals surface area contributed by atoms with E-state index in [1.165, 1.54) is 12.4 Å². The molecule has 2 aromatic rings. The van der Waals surface area contributed by atoms with Crippen molar-refractivity contribution in [3.05, 3.63) is 56.4 Å². The zero-order valence-corrected chi connectivity index (χ0v) is 11.6. The predicted molar refractivity (Wildman–Crippen MR) is 70.7 cm³/mol. The normalized spacial score (nSPS) is 10.2. The third kappa shape index (κ3) is 3.34. The molecular weight excluding hydrogens is 354 g/mol. The van der Waals surface area contributed by atoms with Crippen molar-refractivity contribution in [3.63, 3.8) is 0 Å². The van der Waals surface area contributed by atoms with Crippen LogP contribution >= 0.6 is 15.9 Å². The second-order valence-corrected chi connectivity index (χ2v) is 4.53. The van der Waals surface area contributed by atoms with Gasteiger partial charge in [0, 0.05) is 0 Å². The number of benzene rings is 1. The van der Waals surface area contributed by atoms with Gasteiger partial charge in [0.05, 0.1) is 28.9 Å². The molecule has 0 saturated carbocycles. The maximum atomic E-state index is 13.8. The van der Waals surface area contributed by atoms with Crippen LogP contribution in [-0.4, -0.2) is 20.8 Å². The maximum absolute atomic E-state index is 13.8. The Kier molecular flexibility index (Phi) is 4.17. The van der Waals surface area contributed by atoms with Gasteiger partial charge >= 0.3 is 5.69 Å². The van der Waals surface area contributed by atoms with Gasteiger partial charge in [-0.1, -0.05) is 0 Å². The van der Waals surface area contributed by atoms with Crippen molar-refractivity contribution >= 4 is 33.3 Å². The predicted octanol–water partition coefficient (Wildman–Crippen LogP) is 2.68. The van der Waals surface area contributed by atoms with Gasteiger partial charge in [0.25, 0.3) is 5.91 Å². The van der Waals surface area contributed by atoms with E-state index in [0.29, 0.717) is 16.7 Å². The summed E-state index contributed by atoms with van der Waals surface area (Å²) in [6.07, 6.45) is 2.45. The number of halogens is 3. The van der Waals surface area contributed by atoms with Crippen molar-refractivity contribution in [1.29, 1.82) is 0 Å². The lowest BCUT2D eigenvalue weighted by molar-refractivity contribution is -0.387. The lowest BCUT2D eigenvalue weighted by Crippen LogP contribution is -2.16. The van der Waals surface area contributed by atoms with Gasteiger partial charge in [-0.05, 0) is 22.0 Å². The Hall–Kier alpha value is -2.49. The van der Waals surface area contributed by atoms with Gasteiger partial charge in [-0.15, -0.1) is 0 Å². The van der Waals surface area contributed by atoms with Crippen LogP contribution in [0.1, 0.15) is 10.4 Å². The fourth-order valence-corrected chi connectivity index (χ4v) is 1.64. The Bertz CT molecular complexity index is 724. The molecule has 0 unspecified atom stereocenters. The molecule has 1 amide bonds. The second-order valence-electron chi connectivity index (χ2n) is 3.72.